The highest BCUT2D eigenvalue weighted by Crippen LogP contribution is 1.76. The van der Waals surface area contributed by atoms with Gasteiger partial charge in [0, 0.05) is 13.5 Å². The smallest absolute Gasteiger partial charge is 0.302 e. The van der Waals surface area contributed by atoms with Crippen LogP contribution in [0.15, 0.2) is 0 Å². The lowest BCUT2D eigenvalue weighted by Crippen LogP contribution is -2.26. The first kappa shape index (κ1) is 10.4. The fourth-order valence-corrected chi connectivity index (χ4v) is 0.876. The van der Waals surface area contributed by atoms with Gasteiger partial charge in [0.15, 0.2) is 0 Å². The summed E-state index contributed by atoms with van der Waals surface area (Å²) in [5.74, 6) is -0.416. The van der Waals surface area contributed by atoms with Gasteiger partial charge in [-0.25, -0.2) is 13.1 Å². The molecular weight excluding hydrogens is 170 g/mol. The summed E-state index contributed by atoms with van der Waals surface area (Å²) in [6, 6.07) is 0. The Balaban J connectivity index is 3.37. The predicted molar refractivity (Wildman–Crippen MR) is 39.5 cm³/mol. The summed E-state index contributed by atoms with van der Waals surface area (Å²) in [5, 5.41) is 0. The van der Waals surface area contributed by atoms with E-state index >= 15 is 0 Å². The van der Waals surface area contributed by atoms with E-state index in [2.05, 4.69) is 9.46 Å². The van der Waals surface area contributed by atoms with Crippen LogP contribution in [0.4, 0.5) is 0 Å². The number of carbonyl (C=O) groups is 1. The highest BCUT2D eigenvalue weighted by atomic mass is 32.2. The predicted octanol–water partition coefficient (Wildman–Crippen LogP) is -0.901. The normalized spacial score (nSPS) is 11.1. The highest BCUT2D eigenvalue weighted by molar-refractivity contribution is 7.88. The van der Waals surface area contributed by atoms with Crippen LogP contribution in [-0.2, 0) is 19.6 Å². The molecule has 0 saturated carbocycles. The van der Waals surface area contributed by atoms with Crippen LogP contribution in [0.3, 0.4) is 0 Å². The van der Waals surface area contributed by atoms with Gasteiger partial charge in [0.1, 0.15) is 6.61 Å². The zero-order valence-electron chi connectivity index (χ0n) is 6.46. The van der Waals surface area contributed by atoms with Gasteiger partial charge in [0.25, 0.3) is 0 Å². The van der Waals surface area contributed by atoms with Gasteiger partial charge in [0.05, 0.1) is 6.26 Å². The van der Waals surface area contributed by atoms with Gasteiger partial charge in [-0.2, -0.15) is 0 Å². The molecule has 0 spiro atoms. The van der Waals surface area contributed by atoms with Gasteiger partial charge >= 0.3 is 5.97 Å². The second-order valence-corrected chi connectivity index (χ2v) is 3.84. The number of hydrogen-bond donors (Lipinski definition) is 1. The zero-order valence-corrected chi connectivity index (χ0v) is 7.27. The van der Waals surface area contributed by atoms with E-state index in [1.54, 1.807) is 0 Å². The molecule has 6 heteroatoms. The van der Waals surface area contributed by atoms with Crippen LogP contribution < -0.4 is 4.72 Å². The molecule has 0 radical (unpaired) electrons. The minimum Gasteiger partial charge on any atom is -0.464 e. The van der Waals surface area contributed by atoms with E-state index in [-0.39, 0.29) is 13.2 Å². The van der Waals surface area contributed by atoms with E-state index in [0.29, 0.717) is 0 Å². The van der Waals surface area contributed by atoms with Crippen LogP contribution >= 0.6 is 0 Å². The van der Waals surface area contributed by atoms with E-state index < -0.39 is 16.0 Å². The minimum absolute atomic E-state index is 0.0718. The van der Waals surface area contributed by atoms with Crippen molar-refractivity contribution in [3.05, 3.63) is 0 Å². The molecular formula is C5H11NO4S. The van der Waals surface area contributed by atoms with Gasteiger partial charge in [-0.1, -0.05) is 0 Å². The van der Waals surface area contributed by atoms with Gasteiger partial charge in [-0.05, 0) is 0 Å². The Hall–Kier alpha value is -0.620. The molecule has 0 rings (SSSR count). The summed E-state index contributed by atoms with van der Waals surface area (Å²) in [6.45, 7) is 1.46. The second-order valence-electron chi connectivity index (χ2n) is 2.01. The van der Waals surface area contributed by atoms with Crippen LogP contribution in [0, 0.1) is 0 Å². The Labute approximate surface area is 65.8 Å². The number of carbonyl (C=O) groups excluding carboxylic acids is 1. The summed E-state index contributed by atoms with van der Waals surface area (Å²) in [7, 11) is -3.16. The second kappa shape index (κ2) is 4.30. The molecule has 0 aliphatic rings. The zero-order chi connectivity index (χ0) is 8.91. The van der Waals surface area contributed by atoms with Crippen LogP contribution in [0.5, 0.6) is 0 Å². The largest absolute Gasteiger partial charge is 0.464 e. The monoisotopic (exact) mass is 181 g/mol. The molecule has 0 fully saturated rings. The quantitative estimate of drug-likeness (QED) is 0.450. The third-order valence-corrected chi connectivity index (χ3v) is 1.50. The average Bonchev–Trinajstić information content (AvgIpc) is 1.78. The van der Waals surface area contributed by atoms with Crippen molar-refractivity contribution in [2.24, 2.45) is 0 Å². The Morgan fingerprint density at radius 1 is 1.55 bits per heavy atom. The molecule has 0 bridgehead atoms. The van der Waals surface area contributed by atoms with Crippen LogP contribution in [0.2, 0.25) is 0 Å². The van der Waals surface area contributed by atoms with Crippen molar-refractivity contribution in [3.8, 4) is 0 Å². The van der Waals surface area contributed by atoms with Gasteiger partial charge in [0.2, 0.25) is 10.0 Å². The third-order valence-electron chi connectivity index (χ3n) is 0.772. The number of ether oxygens (including phenoxy) is 1. The lowest BCUT2D eigenvalue weighted by atomic mass is 10.7. The van der Waals surface area contributed by atoms with E-state index in [0.717, 1.165) is 6.26 Å². The first-order valence-electron chi connectivity index (χ1n) is 3.00. The lowest BCUT2D eigenvalue weighted by Gasteiger charge is -2.01. The molecule has 66 valence electrons. The standard InChI is InChI=1S/C5H11NO4S/c1-5(7)10-4-3-6-11(2,8)9/h6H,3-4H2,1-2H3. The maximum absolute atomic E-state index is 10.4. The van der Waals surface area contributed by atoms with Gasteiger partial charge in [-0.3, -0.25) is 4.79 Å². The van der Waals surface area contributed by atoms with Gasteiger partial charge in [-0.15, -0.1) is 0 Å². The van der Waals surface area contributed by atoms with Crippen molar-refractivity contribution < 1.29 is 17.9 Å². The molecule has 0 unspecified atom stereocenters. The summed E-state index contributed by atoms with van der Waals surface area (Å²) in [6.07, 6.45) is 1.04. The molecule has 0 amide bonds. The van der Waals surface area contributed by atoms with Crippen LogP contribution in [0.25, 0.3) is 0 Å². The maximum atomic E-state index is 10.4. The van der Waals surface area contributed by atoms with Gasteiger partial charge < -0.3 is 4.74 Å². The molecule has 11 heavy (non-hydrogen) atoms. The Morgan fingerprint density at radius 2 is 2.09 bits per heavy atom. The molecule has 0 saturated heterocycles. The van der Waals surface area contributed by atoms with E-state index in [1.165, 1.54) is 6.92 Å². The summed E-state index contributed by atoms with van der Waals surface area (Å²) >= 11 is 0. The van der Waals surface area contributed by atoms with Crippen molar-refractivity contribution in [2.45, 2.75) is 6.92 Å². The molecule has 0 aromatic carbocycles. The number of nitrogens with one attached hydrogen (secondary N) is 1. The summed E-state index contributed by atoms with van der Waals surface area (Å²) < 4.78 is 27.5. The number of sulfonamides is 1. The van der Waals surface area contributed by atoms with Crippen LogP contribution in [0.1, 0.15) is 6.92 Å². The minimum atomic E-state index is -3.16. The SMILES string of the molecule is CC(=O)OCCNS(C)(=O)=O. The molecule has 0 aliphatic heterocycles. The topological polar surface area (TPSA) is 72.5 Å². The Kier molecular flexibility index (Phi) is 4.06. The van der Waals surface area contributed by atoms with Crippen molar-refractivity contribution in [3.63, 3.8) is 0 Å². The number of hydrogen-bond acceptors (Lipinski definition) is 4. The highest BCUT2D eigenvalue weighted by Gasteiger charge is 1.99. The van der Waals surface area contributed by atoms with E-state index in [1.807, 2.05) is 0 Å². The fourth-order valence-electron chi connectivity index (χ4n) is 0.422. The molecule has 0 aromatic heterocycles. The van der Waals surface area contributed by atoms with E-state index in [4.69, 9.17) is 0 Å². The molecule has 5 nitrogen and oxygen atoms in total. The molecule has 0 heterocycles. The van der Waals surface area contributed by atoms with Crippen molar-refractivity contribution in [2.75, 3.05) is 19.4 Å². The maximum Gasteiger partial charge on any atom is 0.302 e. The van der Waals surface area contributed by atoms with Crippen molar-refractivity contribution >= 4 is 16.0 Å². The Bertz CT molecular complexity index is 221. The number of rotatable bonds is 4. The average molecular weight is 181 g/mol. The molecule has 0 atom stereocenters. The third kappa shape index (κ3) is 9.38. The van der Waals surface area contributed by atoms with Crippen molar-refractivity contribution in [1.82, 2.24) is 4.72 Å². The van der Waals surface area contributed by atoms with E-state index in [9.17, 15) is 13.2 Å². The number of esters is 1. The first-order chi connectivity index (χ1) is 4.92. The summed E-state index contributed by atoms with van der Waals surface area (Å²) in [4.78, 5) is 10.2. The lowest BCUT2D eigenvalue weighted by molar-refractivity contribution is -0.140. The summed E-state index contributed by atoms with van der Waals surface area (Å²) in [5.41, 5.74) is 0. The Morgan fingerprint density at radius 3 is 2.45 bits per heavy atom. The molecule has 0 aromatic rings. The fraction of sp³-hybridized carbons (Fsp3) is 0.800. The van der Waals surface area contributed by atoms with Crippen LogP contribution in [-0.4, -0.2) is 33.8 Å². The first-order valence-corrected chi connectivity index (χ1v) is 4.89. The molecule has 0 aliphatic carbocycles. The van der Waals surface area contributed by atoms with Crippen molar-refractivity contribution in [1.29, 1.82) is 0 Å². The molecule has 1 N–H and O–H groups in total.